The lowest BCUT2D eigenvalue weighted by Crippen LogP contribution is -2.30. The lowest BCUT2D eigenvalue weighted by molar-refractivity contribution is 0.250. The Bertz CT molecular complexity index is 528. The minimum atomic E-state index is 0.528. The van der Waals surface area contributed by atoms with E-state index >= 15 is 0 Å². The van der Waals surface area contributed by atoms with Crippen LogP contribution in [0, 0.1) is 0 Å². The van der Waals surface area contributed by atoms with Crippen LogP contribution in [0.5, 0.6) is 0 Å². The number of pyridine rings is 1. The Hall–Kier alpha value is -0.940. The van der Waals surface area contributed by atoms with Crippen molar-refractivity contribution in [1.29, 1.82) is 0 Å². The Labute approximate surface area is 109 Å². The molecule has 2 aromatic rings. The van der Waals surface area contributed by atoms with Crippen LogP contribution in [0.1, 0.15) is 24.6 Å². The van der Waals surface area contributed by atoms with Crippen LogP contribution in [0.3, 0.4) is 0 Å². The molecule has 0 spiro atoms. The van der Waals surface area contributed by atoms with Gasteiger partial charge >= 0.3 is 0 Å². The van der Waals surface area contributed by atoms with E-state index in [-0.39, 0.29) is 0 Å². The van der Waals surface area contributed by atoms with Gasteiger partial charge in [0.25, 0.3) is 0 Å². The molecule has 0 unspecified atom stereocenters. The summed E-state index contributed by atoms with van der Waals surface area (Å²) in [5, 5.41) is 8.61. The second kappa shape index (κ2) is 4.38. The summed E-state index contributed by atoms with van der Waals surface area (Å²) < 4.78 is 3.16. The summed E-state index contributed by atoms with van der Waals surface area (Å²) >= 11 is 3.58. The average molecular weight is 295 g/mol. The van der Waals surface area contributed by atoms with Crippen molar-refractivity contribution in [3.05, 3.63) is 28.6 Å². The second-order valence-corrected chi connectivity index (χ2v) is 5.49. The summed E-state index contributed by atoms with van der Waals surface area (Å²) in [5.41, 5.74) is 0.924. The molecule has 1 aliphatic heterocycles. The highest BCUT2D eigenvalue weighted by Gasteiger charge is 2.23. The number of hydrogen-bond donors (Lipinski definition) is 0. The molecule has 1 saturated heterocycles. The van der Waals surface area contributed by atoms with E-state index in [2.05, 4.69) is 42.5 Å². The van der Waals surface area contributed by atoms with E-state index in [1.54, 1.807) is 0 Å². The van der Waals surface area contributed by atoms with Crippen molar-refractivity contribution < 1.29 is 0 Å². The first-order chi connectivity index (χ1) is 8.25. The molecule has 4 nitrogen and oxygen atoms in total. The van der Waals surface area contributed by atoms with Crippen LogP contribution in [-0.2, 0) is 0 Å². The number of nitrogens with zero attached hydrogens (tertiary/aromatic N) is 4. The number of fused-ring (bicyclic) bond motifs is 1. The van der Waals surface area contributed by atoms with Gasteiger partial charge in [0.05, 0.1) is 4.60 Å². The van der Waals surface area contributed by atoms with E-state index in [1.165, 1.54) is 12.8 Å². The first-order valence-electron chi connectivity index (χ1n) is 5.94. The standard InChI is InChI=1S/C12H15BrN4/c1-16-7-5-9(6-8-16)12-15-14-11-4-2-3-10(13)17(11)12/h2-4,9H,5-8H2,1H3. The zero-order valence-electron chi connectivity index (χ0n) is 9.80. The highest BCUT2D eigenvalue weighted by Crippen LogP contribution is 2.28. The first kappa shape index (κ1) is 11.2. The van der Waals surface area contributed by atoms with E-state index in [1.807, 2.05) is 18.2 Å². The summed E-state index contributed by atoms with van der Waals surface area (Å²) in [6.07, 6.45) is 2.33. The fourth-order valence-corrected chi connectivity index (χ4v) is 2.97. The summed E-state index contributed by atoms with van der Waals surface area (Å²) in [6, 6.07) is 6.03. The smallest absolute Gasteiger partial charge is 0.161 e. The SMILES string of the molecule is CN1CCC(c2nnc3cccc(Br)n23)CC1. The van der Waals surface area contributed by atoms with Gasteiger partial charge in [0.2, 0.25) is 0 Å². The van der Waals surface area contributed by atoms with E-state index in [4.69, 9.17) is 0 Å². The molecular formula is C12H15BrN4. The van der Waals surface area contributed by atoms with Crippen LogP contribution < -0.4 is 0 Å². The number of piperidine rings is 1. The predicted molar refractivity (Wildman–Crippen MR) is 70.2 cm³/mol. The number of likely N-dealkylation sites (tertiary alicyclic amines) is 1. The van der Waals surface area contributed by atoms with Crippen LogP contribution in [0.25, 0.3) is 5.65 Å². The zero-order chi connectivity index (χ0) is 11.8. The van der Waals surface area contributed by atoms with Gasteiger partial charge in [-0.3, -0.25) is 4.40 Å². The summed E-state index contributed by atoms with van der Waals surface area (Å²) in [4.78, 5) is 2.37. The third-order valence-corrected chi connectivity index (χ3v) is 4.11. The van der Waals surface area contributed by atoms with Crippen LogP contribution in [0.2, 0.25) is 0 Å². The van der Waals surface area contributed by atoms with Gasteiger partial charge in [-0.05, 0) is 61.0 Å². The zero-order valence-corrected chi connectivity index (χ0v) is 11.4. The fourth-order valence-electron chi connectivity index (χ4n) is 2.46. The summed E-state index contributed by atoms with van der Waals surface area (Å²) in [7, 11) is 2.17. The third-order valence-electron chi connectivity index (χ3n) is 3.49. The fraction of sp³-hybridized carbons (Fsp3) is 0.500. The quantitative estimate of drug-likeness (QED) is 0.757. The molecule has 0 saturated carbocycles. The van der Waals surface area contributed by atoms with Gasteiger partial charge in [0.1, 0.15) is 5.82 Å². The Balaban J connectivity index is 2.00. The molecular weight excluding hydrogens is 280 g/mol. The monoisotopic (exact) mass is 294 g/mol. The molecule has 0 bridgehead atoms. The van der Waals surface area contributed by atoms with Crippen LogP contribution >= 0.6 is 15.9 Å². The topological polar surface area (TPSA) is 33.4 Å². The highest BCUT2D eigenvalue weighted by molar-refractivity contribution is 9.10. The molecule has 0 aliphatic carbocycles. The molecule has 3 rings (SSSR count). The predicted octanol–water partition coefficient (Wildman–Crippen LogP) is 2.30. The molecule has 0 aromatic carbocycles. The minimum Gasteiger partial charge on any atom is -0.306 e. The molecule has 0 atom stereocenters. The Morgan fingerprint density at radius 3 is 2.76 bits per heavy atom. The summed E-state index contributed by atoms with van der Waals surface area (Å²) in [6.45, 7) is 2.29. The molecule has 2 aromatic heterocycles. The van der Waals surface area contributed by atoms with Crippen molar-refractivity contribution in [2.24, 2.45) is 0 Å². The van der Waals surface area contributed by atoms with Gasteiger partial charge in [-0.15, -0.1) is 10.2 Å². The highest BCUT2D eigenvalue weighted by atomic mass is 79.9. The minimum absolute atomic E-state index is 0.528. The second-order valence-electron chi connectivity index (χ2n) is 4.68. The molecule has 0 radical (unpaired) electrons. The van der Waals surface area contributed by atoms with Crippen molar-refractivity contribution in [2.45, 2.75) is 18.8 Å². The van der Waals surface area contributed by atoms with Crippen LogP contribution in [0.15, 0.2) is 22.8 Å². The van der Waals surface area contributed by atoms with Gasteiger partial charge in [-0.2, -0.15) is 0 Å². The van der Waals surface area contributed by atoms with Gasteiger partial charge in [-0.25, -0.2) is 0 Å². The molecule has 17 heavy (non-hydrogen) atoms. The molecule has 90 valence electrons. The van der Waals surface area contributed by atoms with Crippen molar-refractivity contribution in [1.82, 2.24) is 19.5 Å². The van der Waals surface area contributed by atoms with Gasteiger partial charge in [0, 0.05) is 5.92 Å². The maximum Gasteiger partial charge on any atom is 0.161 e. The maximum atomic E-state index is 4.37. The van der Waals surface area contributed by atoms with E-state index in [0.29, 0.717) is 5.92 Å². The number of halogens is 1. The lowest BCUT2D eigenvalue weighted by Gasteiger charge is -2.27. The maximum absolute atomic E-state index is 4.37. The molecule has 0 amide bonds. The Kier molecular flexibility index (Phi) is 2.88. The van der Waals surface area contributed by atoms with Crippen molar-refractivity contribution >= 4 is 21.6 Å². The van der Waals surface area contributed by atoms with Gasteiger partial charge < -0.3 is 4.90 Å². The number of hydrogen-bond acceptors (Lipinski definition) is 3. The molecule has 0 N–H and O–H groups in total. The van der Waals surface area contributed by atoms with Crippen molar-refractivity contribution in [3.63, 3.8) is 0 Å². The average Bonchev–Trinajstić information content (AvgIpc) is 2.75. The molecule has 1 aliphatic rings. The van der Waals surface area contributed by atoms with E-state index in [0.717, 1.165) is 29.2 Å². The number of aromatic nitrogens is 3. The van der Waals surface area contributed by atoms with Gasteiger partial charge in [-0.1, -0.05) is 6.07 Å². The third kappa shape index (κ3) is 1.98. The van der Waals surface area contributed by atoms with Crippen molar-refractivity contribution in [2.75, 3.05) is 20.1 Å². The normalized spacial score (nSPS) is 18.9. The van der Waals surface area contributed by atoms with Crippen molar-refractivity contribution in [3.8, 4) is 0 Å². The molecule has 3 heterocycles. The van der Waals surface area contributed by atoms with E-state index in [9.17, 15) is 0 Å². The number of rotatable bonds is 1. The molecule has 1 fully saturated rings. The van der Waals surface area contributed by atoms with Gasteiger partial charge in [0.15, 0.2) is 5.65 Å². The van der Waals surface area contributed by atoms with Crippen LogP contribution in [0.4, 0.5) is 0 Å². The Morgan fingerprint density at radius 1 is 1.24 bits per heavy atom. The van der Waals surface area contributed by atoms with E-state index < -0.39 is 0 Å². The first-order valence-corrected chi connectivity index (χ1v) is 6.73. The lowest BCUT2D eigenvalue weighted by atomic mass is 9.96. The summed E-state index contributed by atoms with van der Waals surface area (Å²) in [5.74, 6) is 1.63. The van der Waals surface area contributed by atoms with Crippen LogP contribution in [-0.4, -0.2) is 39.6 Å². The molecule has 5 heteroatoms. The largest absolute Gasteiger partial charge is 0.306 e. The Morgan fingerprint density at radius 2 is 2.00 bits per heavy atom.